The Morgan fingerprint density at radius 1 is 1.15 bits per heavy atom. The lowest BCUT2D eigenvalue weighted by molar-refractivity contribution is -0.131. The maximum atomic E-state index is 12.5. The van der Waals surface area contributed by atoms with E-state index in [1.165, 1.54) is 32.4 Å². The quantitative estimate of drug-likeness (QED) is 0.810. The Kier molecular flexibility index (Phi) is 6.45. The molecule has 6 heteroatoms. The van der Waals surface area contributed by atoms with Gasteiger partial charge in [-0.2, -0.15) is 5.26 Å². The first-order chi connectivity index (χ1) is 12.7. The largest absolute Gasteiger partial charge is 0.353 e. The van der Waals surface area contributed by atoms with Crippen LogP contribution < -0.4 is 4.90 Å². The molecule has 0 aliphatic carbocycles. The average Bonchev–Trinajstić information content (AvgIpc) is 2.69. The number of carbonyl (C=O) groups excluding carboxylic acids is 1. The minimum atomic E-state index is 0.283. The Hall–Kier alpha value is -2.13. The normalized spacial score (nSPS) is 18.6. The van der Waals surface area contributed by atoms with E-state index in [1.807, 2.05) is 17.9 Å². The van der Waals surface area contributed by atoms with E-state index in [9.17, 15) is 4.79 Å². The summed E-state index contributed by atoms with van der Waals surface area (Å²) < 4.78 is 0. The molecule has 6 nitrogen and oxygen atoms in total. The first-order valence-electron chi connectivity index (χ1n) is 9.79. The van der Waals surface area contributed by atoms with Gasteiger partial charge in [-0.3, -0.25) is 4.79 Å². The number of hydrogen-bond acceptors (Lipinski definition) is 5. The molecule has 2 aliphatic heterocycles. The Morgan fingerprint density at radius 2 is 1.88 bits per heavy atom. The molecule has 140 valence electrons. The Balaban J connectivity index is 1.43. The van der Waals surface area contributed by atoms with Crippen LogP contribution in [0.15, 0.2) is 12.3 Å². The van der Waals surface area contributed by atoms with Crippen LogP contribution in [0.3, 0.4) is 0 Å². The van der Waals surface area contributed by atoms with Crippen molar-refractivity contribution in [3.63, 3.8) is 0 Å². The number of anilines is 1. The third-order valence-electron chi connectivity index (χ3n) is 5.43. The summed E-state index contributed by atoms with van der Waals surface area (Å²) in [5.41, 5.74) is 1.61. The third kappa shape index (κ3) is 4.73. The van der Waals surface area contributed by atoms with E-state index in [1.54, 1.807) is 6.20 Å². The van der Waals surface area contributed by atoms with Gasteiger partial charge in [-0.25, -0.2) is 4.98 Å². The molecule has 3 heterocycles. The first kappa shape index (κ1) is 18.7. The van der Waals surface area contributed by atoms with Crippen molar-refractivity contribution in [2.45, 2.75) is 39.0 Å². The molecule has 2 saturated heterocycles. The van der Waals surface area contributed by atoms with Crippen LogP contribution in [0.25, 0.3) is 0 Å². The van der Waals surface area contributed by atoms with Crippen molar-refractivity contribution in [2.24, 2.45) is 0 Å². The fraction of sp³-hybridized carbons (Fsp3) is 0.650. The number of nitrogens with zero attached hydrogens (tertiary/aromatic N) is 5. The van der Waals surface area contributed by atoms with E-state index < -0.39 is 0 Å². The fourth-order valence-electron chi connectivity index (χ4n) is 3.92. The molecule has 0 atom stereocenters. The maximum Gasteiger partial charge on any atom is 0.222 e. The number of nitriles is 1. The van der Waals surface area contributed by atoms with Crippen LogP contribution in [-0.4, -0.2) is 66.5 Å². The van der Waals surface area contributed by atoms with Crippen molar-refractivity contribution in [3.8, 4) is 6.07 Å². The second-order valence-corrected chi connectivity index (χ2v) is 7.35. The molecule has 1 aromatic rings. The topological polar surface area (TPSA) is 63.5 Å². The summed E-state index contributed by atoms with van der Waals surface area (Å²) in [7, 11) is 0. The van der Waals surface area contributed by atoms with Crippen LogP contribution in [0.4, 0.5) is 5.82 Å². The average molecular weight is 355 g/mol. The van der Waals surface area contributed by atoms with Gasteiger partial charge >= 0.3 is 0 Å². The summed E-state index contributed by atoms with van der Waals surface area (Å²) in [5.74, 6) is 1.22. The minimum absolute atomic E-state index is 0.283. The number of pyridine rings is 1. The zero-order valence-corrected chi connectivity index (χ0v) is 15.8. The van der Waals surface area contributed by atoms with Gasteiger partial charge in [0.15, 0.2) is 0 Å². The number of piperazine rings is 1. The molecule has 0 saturated carbocycles. The van der Waals surface area contributed by atoms with Crippen molar-refractivity contribution in [3.05, 3.63) is 23.4 Å². The maximum absolute atomic E-state index is 12.5. The van der Waals surface area contributed by atoms with Gasteiger partial charge in [-0.15, -0.1) is 0 Å². The van der Waals surface area contributed by atoms with E-state index in [0.717, 1.165) is 50.5 Å². The highest BCUT2D eigenvalue weighted by Gasteiger charge is 2.22. The Morgan fingerprint density at radius 3 is 2.54 bits per heavy atom. The van der Waals surface area contributed by atoms with Gasteiger partial charge in [-0.1, -0.05) is 6.42 Å². The lowest BCUT2D eigenvalue weighted by Crippen LogP contribution is -2.49. The number of aromatic nitrogens is 1. The molecule has 3 rings (SSSR count). The molecule has 0 aromatic carbocycles. The van der Waals surface area contributed by atoms with Crippen LogP contribution in [0, 0.1) is 18.3 Å². The highest BCUT2D eigenvalue weighted by molar-refractivity contribution is 5.76. The highest BCUT2D eigenvalue weighted by atomic mass is 16.2. The second kappa shape index (κ2) is 9.00. The van der Waals surface area contributed by atoms with Crippen molar-refractivity contribution in [1.82, 2.24) is 14.8 Å². The molecule has 0 radical (unpaired) electrons. The summed E-state index contributed by atoms with van der Waals surface area (Å²) in [6, 6.07) is 4.00. The smallest absolute Gasteiger partial charge is 0.222 e. The fourth-order valence-corrected chi connectivity index (χ4v) is 3.92. The number of aryl methyl sites for hydroxylation is 1. The number of carbonyl (C=O) groups is 1. The second-order valence-electron chi connectivity index (χ2n) is 7.35. The molecular formula is C20H29N5O. The number of piperidine rings is 1. The van der Waals surface area contributed by atoms with Crippen molar-refractivity contribution < 1.29 is 4.79 Å². The first-order valence-corrected chi connectivity index (χ1v) is 9.79. The number of amides is 1. The summed E-state index contributed by atoms with van der Waals surface area (Å²) in [6.45, 7) is 8.55. The standard InChI is InChI=1S/C20H29N5O/c1-17-14-18(15-21)16-22-20(17)25-12-10-24(11-13-25)19(26)6-5-9-23-7-3-2-4-8-23/h14,16H,2-13H2,1H3. The lowest BCUT2D eigenvalue weighted by atomic mass is 10.1. The van der Waals surface area contributed by atoms with E-state index in [2.05, 4.69) is 20.9 Å². The molecule has 0 bridgehead atoms. The van der Waals surface area contributed by atoms with Gasteiger partial charge < -0.3 is 14.7 Å². The van der Waals surface area contributed by atoms with Gasteiger partial charge in [0.25, 0.3) is 0 Å². The predicted octanol–water partition coefficient (Wildman–Crippen LogP) is 2.18. The van der Waals surface area contributed by atoms with E-state index >= 15 is 0 Å². The number of rotatable bonds is 5. The number of hydrogen-bond donors (Lipinski definition) is 0. The molecular weight excluding hydrogens is 326 g/mol. The van der Waals surface area contributed by atoms with Crippen molar-refractivity contribution in [2.75, 3.05) is 50.7 Å². The molecule has 2 aliphatic rings. The number of likely N-dealkylation sites (tertiary alicyclic amines) is 1. The SMILES string of the molecule is Cc1cc(C#N)cnc1N1CCN(C(=O)CCCN2CCCCC2)CC1. The zero-order chi connectivity index (χ0) is 18.4. The Bertz CT molecular complexity index is 655. The molecule has 0 N–H and O–H groups in total. The summed E-state index contributed by atoms with van der Waals surface area (Å²) in [6.07, 6.45) is 7.21. The van der Waals surface area contributed by atoms with E-state index in [-0.39, 0.29) is 5.91 Å². The summed E-state index contributed by atoms with van der Waals surface area (Å²) in [4.78, 5) is 23.6. The minimum Gasteiger partial charge on any atom is -0.353 e. The molecule has 26 heavy (non-hydrogen) atoms. The molecule has 0 spiro atoms. The van der Waals surface area contributed by atoms with Crippen molar-refractivity contribution >= 4 is 11.7 Å². The summed E-state index contributed by atoms with van der Waals surface area (Å²) in [5, 5.41) is 8.96. The van der Waals surface area contributed by atoms with Crippen molar-refractivity contribution in [1.29, 1.82) is 5.26 Å². The predicted molar refractivity (Wildman–Crippen MR) is 102 cm³/mol. The molecule has 0 unspecified atom stereocenters. The molecule has 1 amide bonds. The highest BCUT2D eigenvalue weighted by Crippen LogP contribution is 2.20. The Labute approximate surface area is 156 Å². The summed E-state index contributed by atoms with van der Waals surface area (Å²) >= 11 is 0. The van der Waals surface area contributed by atoms with Gasteiger partial charge in [0, 0.05) is 38.8 Å². The van der Waals surface area contributed by atoms with Gasteiger partial charge in [-0.05, 0) is 57.5 Å². The van der Waals surface area contributed by atoms with E-state index in [0.29, 0.717) is 12.0 Å². The van der Waals surface area contributed by atoms with Crippen LogP contribution >= 0.6 is 0 Å². The van der Waals surface area contributed by atoms with E-state index in [4.69, 9.17) is 5.26 Å². The van der Waals surface area contributed by atoms with Gasteiger partial charge in [0.05, 0.1) is 5.56 Å². The monoisotopic (exact) mass is 355 g/mol. The van der Waals surface area contributed by atoms with Gasteiger partial charge in [0.2, 0.25) is 5.91 Å². The third-order valence-corrected chi connectivity index (χ3v) is 5.43. The zero-order valence-electron chi connectivity index (χ0n) is 15.8. The van der Waals surface area contributed by atoms with Crippen LogP contribution in [0.1, 0.15) is 43.2 Å². The lowest BCUT2D eigenvalue weighted by Gasteiger charge is -2.36. The van der Waals surface area contributed by atoms with Crippen LogP contribution in [-0.2, 0) is 4.79 Å². The molecule has 1 aromatic heterocycles. The van der Waals surface area contributed by atoms with Crippen LogP contribution in [0.5, 0.6) is 0 Å². The van der Waals surface area contributed by atoms with Crippen LogP contribution in [0.2, 0.25) is 0 Å². The molecule has 2 fully saturated rings. The van der Waals surface area contributed by atoms with Gasteiger partial charge in [0.1, 0.15) is 11.9 Å².